The van der Waals surface area contributed by atoms with Gasteiger partial charge in [0.15, 0.2) is 0 Å². The van der Waals surface area contributed by atoms with E-state index in [0.29, 0.717) is 17.8 Å². The van der Waals surface area contributed by atoms with Crippen molar-refractivity contribution in [1.29, 1.82) is 0 Å². The molecule has 2 bridgehead atoms. The minimum atomic E-state index is -0.235. The molecule has 1 aromatic heterocycles. The van der Waals surface area contributed by atoms with Crippen LogP contribution in [0, 0.1) is 23.6 Å². The molecule has 2 aromatic rings. The Morgan fingerprint density at radius 2 is 2.24 bits per heavy atom. The molecule has 2 fully saturated rings. The molecule has 2 nitrogen and oxygen atoms in total. The van der Waals surface area contributed by atoms with Crippen molar-refractivity contribution in [2.24, 2.45) is 17.8 Å². The van der Waals surface area contributed by atoms with E-state index in [0.717, 1.165) is 28.7 Å². The summed E-state index contributed by atoms with van der Waals surface area (Å²) >= 11 is 6.10. The fraction of sp³-hybridized carbons (Fsp3) is 0.588. The van der Waals surface area contributed by atoms with Gasteiger partial charge in [-0.15, -0.1) is 11.6 Å². The number of benzene rings is 1. The molecule has 112 valence electrons. The number of fused-ring (bicyclic) bond motifs is 3. The monoisotopic (exact) mass is 306 g/mol. The van der Waals surface area contributed by atoms with E-state index >= 15 is 0 Å². The van der Waals surface area contributed by atoms with Crippen LogP contribution in [0.1, 0.15) is 44.5 Å². The van der Waals surface area contributed by atoms with Gasteiger partial charge in [0.25, 0.3) is 0 Å². The van der Waals surface area contributed by atoms with Gasteiger partial charge >= 0.3 is 0 Å². The summed E-state index contributed by atoms with van der Waals surface area (Å²) in [6.45, 7) is 2.28. The molecule has 4 heteroatoms. The maximum atomic E-state index is 13.4. The zero-order chi connectivity index (χ0) is 14.6. The average molecular weight is 307 g/mol. The molecule has 2 saturated carbocycles. The predicted octanol–water partition coefficient (Wildman–Crippen LogP) is 4.91. The molecular formula is C17H20ClFN2. The maximum Gasteiger partial charge on any atom is 0.125 e. The zero-order valence-electron chi connectivity index (χ0n) is 12.2. The van der Waals surface area contributed by atoms with E-state index in [9.17, 15) is 4.39 Å². The van der Waals surface area contributed by atoms with Crippen LogP contribution < -0.4 is 0 Å². The predicted molar refractivity (Wildman–Crippen MR) is 82.9 cm³/mol. The van der Waals surface area contributed by atoms with Crippen LogP contribution in [-0.4, -0.2) is 9.55 Å². The fourth-order valence-electron chi connectivity index (χ4n) is 4.75. The summed E-state index contributed by atoms with van der Waals surface area (Å²) < 4.78 is 15.7. The SMILES string of the molecule is CC(C1CC2CCC1C2)n1c(CCl)nc2cc(F)ccc21. The van der Waals surface area contributed by atoms with Gasteiger partial charge in [-0.3, -0.25) is 0 Å². The van der Waals surface area contributed by atoms with Gasteiger partial charge in [-0.2, -0.15) is 0 Å². The molecule has 0 aliphatic heterocycles. The fourth-order valence-corrected chi connectivity index (χ4v) is 4.94. The number of nitrogens with zero attached hydrogens (tertiary/aromatic N) is 2. The Labute approximate surface area is 129 Å². The summed E-state index contributed by atoms with van der Waals surface area (Å²) in [7, 11) is 0. The third-order valence-corrected chi connectivity index (χ3v) is 5.90. The van der Waals surface area contributed by atoms with Crippen LogP contribution in [0.5, 0.6) is 0 Å². The number of rotatable bonds is 3. The summed E-state index contributed by atoms with van der Waals surface area (Å²) in [5.74, 6) is 3.50. The molecule has 4 atom stereocenters. The van der Waals surface area contributed by atoms with Crippen molar-refractivity contribution in [3.8, 4) is 0 Å². The van der Waals surface area contributed by atoms with Crippen LogP contribution in [0.2, 0.25) is 0 Å². The first-order chi connectivity index (χ1) is 10.2. The van der Waals surface area contributed by atoms with Crippen molar-refractivity contribution >= 4 is 22.6 Å². The molecule has 0 amide bonds. The van der Waals surface area contributed by atoms with Crippen LogP contribution in [0.25, 0.3) is 11.0 Å². The van der Waals surface area contributed by atoms with Crippen molar-refractivity contribution in [2.75, 3.05) is 0 Å². The first-order valence-electron chi connectivity index (χ1n) is 7.89. The Bertz CT molecular complexity index is 681. The van der Waals surface area contributed by atoms with Crippen molar-refractivity contribution in [3.05, 3.63) is 29.8 Å². The number of halogens is 2. The lowest BCUT2D eigenvalue weighted by Crippen LogP contribution is -2.23. The van der Waals surface area contributed by atoms with Crippen LogP contribution in [0.3, 0.4) is 0 Å². The molecule has 1 heterocycles. The van der Waals surface area contributed by atoms with E-state index < -0.39 is 0 Å². The van der Waals surface area contributed by atoms with Crippen LogP contribution in [-0.2, 0) is 5.88 Å². The Kier molecular flexibility index (Phi) is 3.21. The minimum absolute atomic E-state index is 0.235. The highest BCUT2D eigenvalue weighted by atomic mass is 35.5. The van der Waals surface area contributed by atoms with E-state index in [1.807, 2.05) is 6.07 Å². The van der Waals surface area contributed by atoms with Gasteiger partial charge in [-0.1, -0.05) is 6.42 Å². The first kappa shape index (κ1) is 13.6. The molecule has 21 heavy (non-hydrogen) atoms. The van der Waals surface area contributed by atoms with E-state index in [1.165, 1.54) is 37.8 Å². The van der Waals surface area contributed by atoms with E-state index in [4.69, 9.17) is 11.6 Å². The van der Waals surface area contributed by atoms with Gasteiger partial charge in [0, 0.05) is 12.1 Å². The topological polar surface area (TPSA) is 17.8 Å². The normalized spacial score (nSPS) is 29.4. The Morgan fingerprint density at radius 1 is 1.38 bits per heavy atom. The quantitative estimate of drug-likeness (QED) is 0.737. The molecule has 2 aliphatic carbocycles. The second-order valence-electron chi connectivity index (χ2n) is 6.74. The average Bonchev–Trinajstić information content (AvgIpc) is 3.18. The number of hydrogen-bond donors (Lipinski definition) is 0. The Hall–Kier alpha value is -1.09. The van der Waals surface area contributed by atoms with E-state index in [2.05, 4.69) is 16.5 Å². The largest absolute Gasteiger partial charge is 0.324 e. The summed E-state index contributed by atoms with van der Waals surface area (Å²) in [5.41, 5.74) is 1.74. The van der Waals surface area contributed by atoms with Crippen molar-refractivity contribution < 1.29 is 4.39 Å². The number of hydrogen-bond acceptors (Lipinski definition) is 1. The highest BCUT2D eigenvalue weighted by molar-refractivity contribution is 6.16. The number of imidazole rings is 1. The molecule has 4 unspecified atom stereocenters. The first-order valence-corrected chi connectivity index (χ1v) is 8.43. The van der Waals surface area contributed by atoms with E-state index in [1.54, 1.807) is 0 Å². The maximum absolute atomic E-state index is 13.4. The van der Waals surface area contributed by atoms with Gasteiger partial charge in [-0.05, 0) is 56.1 Å². The number of alkyl halides is 1. The third kappa shape index (κ3) is 2.09. The molecule has 1 aromatic carbocycles. The van der Waals surface area contributed by atoms with Crippen molar-refractivity contribution in [2.45, 2.75) is 44.5 Å². The molecule has 0 spiro atoms. The molecule has 0 radical (unpaired) electrons. The van der Waals surface area contributed by atoms with Gasteiger partial charge in [0.05, 0.1) is 16.9 Å². The van der Waals surface area contributed by atoms with Crippen LogP contribution in [0.4, 0.5) is 4.39 Å². The molecule has 0 N–H and O–H groups in total. The van der Waals surface area contributed by atoms with Gasteiger partial charge in [0.2, 0.25) is 0 Å². The van der Waals surface area contributed by atoms with Crippen molar-refractivity contribution in [1.82, 2.24) is 9.55 Å². The standard InChI is InChI=1S/C17H20ClFN2/c1-10(14-7-11-2-3-12(14)6-11)21-16-5-4-13(19)8-15(16)20-17(21)9-18/h4-5,8,10-12,14H,2-3,6-7,9H2,1H3. The molecule has 4 rings (SSSR count). The second-order valence-corrected chi connectivity index (χ2v) is 7.01. The highest BCUT2D eigenvalue weighted by Gasteiger charge is 2.42. The molecule has 2 aliphatic rings. The summed E-state index contributed by atoms with van der Waals surface area (Å²) in [6.07, 6.45) is 5.50. The van der Waals surface area contributed by atoms with Crippen LogP contribution >= 0.6 is 11.6 Å². The summed E-state index contributed by atoms with van der Waals surface area (Å²) in [6, 6.07) is 5.27. The lowest BCUT2D eigenvalue weighted by atomic mass is 9.83. The highest BCUT2D eigenvalue weighted by Crippen LogP contribution is 2.52. The van der Waals surface area contributed by atoms with Gasteiger partial charge in [-0.25, -0.2) is 9.37 Å². The van der Waals surface area contributed by atoms with Gasteiger partial charge in [0.1, 0.15) is 11.6 Å². The number of aromatic nitrogens is 2. The second kappa shape index (κ2) is 4.98. The smallest absolute Gasteiger partial charge is 0.125 e. The Morgan fingerprint density at radius 3 is 2.90 bits per heavy atom. The third-order valence-electron chi connectivity index (χ3n) is 5.66. The summed E-state index contributed by atoms with van der Waals surface area (Å²) in [4.78, 5) is 4.54. The van der Waals surface area contributed by atoms with Gasteiger partial charge < -0.3 is 4.57 Å². The molecule has 0 saturated heterocycles. The zero-order valence-corrected chi connectivity index (χ0v) is 13.0. The van der Waals surface area contributed by atoms with E-state index in [-0.39, 0.29) is 5.82 Å². The van der Waals surface area contributed by atoms with Crippen LogP contribution in [0.15, 0.2) is 18.2 Å². The minimum Gasteiger partial charge on any atom is -0.324 e. The van der Waals surface area contributed by atoms with Crippen molar-refractivity contribution in [3.63, 3.8) is 0 Å². The Balaban J connectivity index is 1.77. The lowest BCUT2D eigenvalue weighted by Gasteiger charge is -2.30. The molecular weight excluding hydrogens is 287 g/mol. The lowest BCUT2D eigenvalue weighted by molar-refractivity contribution is 0.243. The summed E-state index contributed by atoms with van der Waals surface area (Å²) in [5, 5.41) is 0.